The Hall–Kier alpha value is -0.890. The molecule has 1 aromatic carbocycles. The van der Waals surface area contributed by atoms with Crippen molar-refractivity contribution in [1.29, 1.82) is 0 Å². The molecule has 1 saturated carbocycles. The third kappa shape index (κ3) is 3.36. The summed E-state index contributed by atoms with van der Waals surface area (Å²) >= 11 is 0. The number of hydrogen-bond donors (Lipinski definition) is 1. The minimum atomic E-state index is -0.322. The molecule has 1 aromatic rings. The number of benzene rings is 1. The highest BCUT2D eigenvalue weighted by atomic mass is 19.1. The van der Waals surface area contributed by atoms with Gasteiger partial charge in [0.2, 0.25) is 0 Å². The molecule has 1 fully saturated rings. The Balaban J connectivity index is 2.15. The van der Waals surface area contributed by atoms with Crippen LogP contribution in [-0.2, 0) is 5.54 Å². The van der Waals surface area contributed by atoms with Crippen LogP contribution in [0.5, 0.6) is 0 Å². The number of rotatable bonds is 3. The van der Waals surface area contributed by atoms with Gasteiger partial charge in [0.05, 0.1) is 0 Å². The van der Waals surface area contributed by atoms with Gasteiger partial charge in [0.15, 0.2) is 0 Å². The second-order valence-electron chi connectivity index (χ2n) is 6.21. The zero-order chi connectivity index (χ0) is 13.9. The van der Waals surface area contributed by atoms with Gasteiger partial charge in [-0.25, -0.2) is 4.39 Å². The quantitative estimate of drug-likeness (QED) is 0.788. The summed E-state index contributed by atoms with van der Waals surface area (Å²) in [4.78, 5) is 0. The molecular formula is C17H26FN. The Morgan fingerprint density at radius 3 is 2.79 bits per heavy atom. The maximum Gasteiger partial charge on any atom is 0.126 e. The van der Waals surface area contributed by atoms with Crippen molar-refractivity contribution < 1.29 is 4.39 Å². The Morgan fingerprint density at radius 2 is 2.11 bits per heavy atom. The van der Waals surface area contributed by atoms with E-state index in [1.165, 1.54) is 25.7 Å². The number of aryl methyl sites for hydroxylation is 1. The lowest BCUT2D eigenvalue weighted by Crippen LogP contribution is -2.36. The smallest absolute Gasteiger partial charge is 0.126 e. The molecule has 106 valence electrons. The molecule has 0 bridgehead atoms. The Morgan fingerprint density at radius 1 is 1.32 bits per heavy atom. The molecule has 0 saturated heterocycles. The van der Waals surface area contributed by atoms with E-state index in [9.17, 15) is 4.39 Å². The second-order valence-corrected chi connectivity index (χ2v) is 6.21. The molecule has 0 spiro atoms. The lowest BCUT2D eigenvalue weighted by molar-refractivity contribution is 0.365. The number of halogens is 1. The largest absolute Gasteiger partial charge is 0.321 e. The van der Waals surface area contributed by atoms with E-state index < -0.39 is 0 Å². The summed E-state index contributed by atoms with van der Waals surface area (Å²) in [7, 11) is 0. The van der Waals surface area contributed by atoms with E-state index in [0.717, 1.165) is 30.7 Å². The lowest BCUT2D eigenvalue weighted by atomic mass is 9.83. The zero-order valence-corrected chi connectivity index (χ0v) is 12.2. The van der Waals surface area contributed by atoms with E-state index in [0.29, 0.717) is 5.56 Å². The van der Waals surface area contributed by atoms with Crippen molar-refractivity contribution in [2.45, 2.75) is 64.3 Å². The highest BCUT2D eigenvalue weighted by Crippen LogP contribution is 2.37. The molecule has 1 aliphatic carbocycles. The van der Waals surface area contributed by atoms with Gasteiger partial charge in [-0.1, -0.05) is 44.7 Å². The maximum absolute atomic E-state index is 13.7. The number of hydrogen-bond acceptors (Lipinski definition) is 1. The van der Waals surface area contributed by atoms with E-state index in [-0.39, 0.29) is 11.4 Å². The molecule has 0 heterocycles. The van der Waals surface area contributed by atoms with Gasteiger partial charge in [-0.3, -0.25) is 0 Å². The summed E-state index contributed by atoms with van der Waals surface area (Å²) in [5.41, 5.74) is 7.95. The van der Waals surface area contributed by atoms with Gasteiger partial charge >= 0.3 is 0 Å². The van der Waals surface area contributed by atoms with E-state index in [2.05, 4.69) is 6.92 Å². The molecule has 2 atom stereocenters. The molecule has 2 rings (SSSR count). The van der Waals surface area contributed by atoms with Crippen LogP contribution in [0.3, 0.4) is 0 Å². The summed E-state index contributed by atoms with van der Waals surface area (Å²) < 4.78 is 13.7. The van der Waals surface area contributed by atoms with Crippen molar-refractivity contribution >= 4 is 0 Å². The minimum absolute atomic E-state index is 0.128. The summed E-state index contributed by atoms with van der Waals surface area (Å²) in [6.45, 7) is 4.04. The highest BCUT2D eigenvalue weighted by Gasteiger charge is 2.31. The van der Waals surface area contributed by atoms with Gasteiger partial charge in [-0.05, 0) is 49.3 Å². The van der Waals surface area contributed by atoms with Crippen molar-refractivity contribution in [3.8, 4) is 0 Å². The average Bonchev–Trinajstić information content (AvgIpc) is 2.57. The fourth-order valence-electron chi connectivity index (χ4n) is 3.33. The molecule has 2 N–H and O–H groups in total. The third-order valence-corrected chi connectivity index (χ3v) is 4.68. The van der Waals surface area contributed by atoms with Crippen LogP contribution < -0.4 is 5.73 Å². The predicted octanol–water partition coefficient (Wildman–Crippen LogP) is 4.67. The standard InChI is InChI=1S/C17H26FN/c1-3-5-14-6-4-10-17(19,11-9-14)15-8-7-13(2)16(18)12-15/h7-8,12,14H,3-6,9-11,19H2,1-2H3. The first-order valence-electron chi connectivity index (χ1n) is 7.60. The first kappa shape index (κ1) is 14.5. The van der Waals surface area contributed by atoms with Crippen LogP contribution in [0.1, 0.15) is 63.0 Å². The van der Waals surface area contributed by atoms with Crippen LogP contribution >= 0.6 is 0 Å². The highest BCUT2D eigenvalue weighted by molar-refractivity contribution is 5.29. The van der Waals surface area contributed by atoms with Gasteiger partial charge in [-0.15, -0.1) is 0 Å². The van der Waals surface area contributed by atoms with E-state index >= 15 is 0 Å². The minimum Gasteiger partial charge on any atom is -0.321 e. The monoisotopic (exact) mass is 263 g/mol. The maximum atomic E-state index is 13.7. The van der Waals surface area contributed by atoms with Crippen LogP contribution in [0.4, 0.5) is 4.39 Å². The van der Waals surface area contributed by atoms with Gasteiger partial charge in [-0.2, -0.15) is 0 Å². The second kappa shape index (κ2) is 6.04. The summed E-state index contributed by atoms with van der Waals surface area (Å²) in [5, 5.41) is 0. The van der Waals surface area contributed by atoms with Gasteiger partial charge in [0.1, 0.15) is 5.82 Å². The van der Waals surface area contributed by atoms with Gasteiger partial charge in [0.25, 0.3) is 0 Å². The molecular weight excluding hydrogens is 237 g/mol. The van der Waals surface area contributed by atoms with Crippen LogP contribution in [-0.4, -0.2) is 0 Å². The first-order chi connectivity index (χ1) is 9.05. The molecule has 2 heteroatoms. The zero-order valence-electron chi connectivity index (χ0n) is 12.2. The van der Waals surface area contributed by atoms with Crippen molar-refractivity contribution in [2.75, 3.05) is 0 Å². The first-order valence-corrected chi connectivity index (χ1v) is 7.60. The van der Waals surface area contributed by atoms with Crippen LogP contribution in [0.25, 0.3) is 0 Å². The van der Waals surface area contributed by atoms with Crippen LogP contribution in [0, 0.1) is 18.7 Å². The van der Waals surface area contributed by atoms with Crippen molar-refractivity contribution in [3.63, 3.8) is 0 Å². The van der Waals surface area contributed by atoms with Gasteiger partial charge < -0.3 is 5.73 Å². The topological polar surface area (TPSA) is 26.0 Å². The van der Waals surface area contributed by atoms with Crippen LogP contribution in [0.2, 0.25) is 0 Å². The molecule has 0 aromatic heterocycles. The molecule has 2 unspecified atom stereocenters. The van der Waals surface area contributed by atoms with Crippen molar-refractivity contribution in [1.82, 2.24) is 0 Å². The van der Waals surface area contributed by atoms with E-state index in [4.69, 9.17) is 5.73 Å². The summed E-state index contributed by atoms with van der Waals surface area (Å²) in [5.74, 6) is 0.683. The normalized spacial score (nSPS) is 28.1. The Kier molecular flexibility index (Phi) is 4.62. The third-order valence-electron chi connectivity index (χ3n) is 4.68. The molecule has 1 aliphatic rings. The summed E-state index contributed by atoms with van der Waals surface area (Å²) in [6.07, 6.45) is 8.15. The molecule has 0 amide bonds. The number of nitrogens with two attached hydrogens (primary N) is 1. The Labute approximate surface area is 116 Å². The summed E-state index contributed by atoms with van der Waals surface area (Å²) in [6, 6.07) is 5.52. The van der Waals surface area contributed by atoms with E-state index in [1.807, 2.05) is 12.1 Å². The SMILES string of the molecule is CCCC1CCCC(N)(c2ccc(C)c(F)c2)CC1. The fraction of sp³-hybridized carbons (Fsp3) is 0.647. The average molecular weight is 263 g/mol. The lowest BCUT2D eigenvalue weighted by Gasteiger charge is -2.29. The van der Waals surface area contributed by atoms with Crippen LogP contribution in [0.15, 0.2) is 18.2 Å². The molecule has 19 heavy (non-hydrogen) atoms. The van der Waals surface area contributed by atoms with Gasteiger partial charge in [0, 0.05) is 5.54 Å². The van der Waals surface area contributed by atoms with E-state index in [1.54, 1.807) is 13.0 Å². The fourth-order valence-corrected chi connectivity index (χ4v) is 3.33. The molecule has 0 radical (unpaired) electrons. The Bertz CT molecular complexity index is 429. The van der Waals surface area contributed by atoms with Crippen molar-refractivity contribution in [2.24, 2.45) is 11.7 Å². The predicted molar refractivity (Wildman–Crippen MR) is 78.5 cm³/mol. The molecule has 1 nitrogen and oxygen atoms in total. The molecule has 0 aliphatic heterocycles. The van der Waals surface area contributed by atoms with Crippen molar-refractivity contribution in [3.05, 3.63) is 35.1 Å².